The number of nitrogens with zero attached hydrogens (tertiary/aromatic N) is 1. The number of rotatable bonds is 4. The molecule has 1 fully saturated rings. The first-order chi connectivity index (χ1) is 8.25. The average Bonchev–Trinajstić information content (AvgIpc) is 2.34. The quantitative estimate of drug-likeness (QED) is 0.863. The summed E-state index contributed by atoms with van der Waals surface area (Å²) in [7, 11) is 2.20. The molecule has 3 heteroatoms. The Morgan fingerprint density at radius 2 is 2.06 bits per heavy atom. The van der Waals surface area contributed by atoms with E-state index in [1.165, 1.54) is 37.9 Å². The molecule has 0 bridgehead atoms. The van der Waals surface area contributed by atoms with Crippen LogP contribution >= 0.6 is 0 Å². The number of hydrogen-bond acceptors (Lipinski definition) is 2. The van der Waals surface area contributed by atoms with Crippen LogP contribution in [0.2, 0.25) is 0 Å². The lowest BCUT2D eigenvalue weighted by atomic mass is 10.0. The minimum absolute atomic E-state index is 0.166. The third kappa shape index (κ3) is 3.79. The fraction of sp³-hybridized carbons (Fsp3) is 0.571. The Bertz CT molecular complexity index is 337. The first kappa shape index (κ1) is 12.5. The smallest absolute Gasteiger partial charge is 0.123 e. The van der Waals surface area contributed by atoms with Gasteiger partial charge in [0.2, 0.25) is 0 Å². The van der Waals surface area contributed by atoms with Crippen LogP contribution in [-0.2, 0) is 6.54 Å². The number of likely N-dealkylation sites (tertiary alicyclic amines) is 1. The van der Waals surface area contributed by atoms with Crippen molar-refractivity contribution in [3.8, 4) is 0 Å². The van der Waals surface area contributed by atoms with Gasteiger partial charge in [-0.15, -0.1) is 0 Å². The lowest BCUT2D eigenvalue weighted by molar-refractivity contribution is 0.181. The average molecular weight is 236 g/mol. The molecule has 1 N–H and O–H groups in total. The Morgan fingerprint density at radius 1 is 1.29 bits per heavy atom. The monoisotopic (exact) mass is 236 g/mol. The SMILES string of the molecule is CN1CCCCC1CNCc1ccc(F)cc1. The minimum Gasteiger partial charge on any atom is -0.311 e. The number of likely N-dealkylation sites (N-methyl/N-ethyl adjacent to an activating group) is 1. The first-order valence-electron chi connectivity index (χ1n) is 6.41. The Labute approximate surface area is 103 Å². The highest BCUT2D eigenvalue weighted by Crippen LogP contribution is 2.14. The van der Waals surface area contributed by atoms with Gasteiger partial charge in [-0.1, -0.05) is 18.6 Å². The summed E-state index contributed by atoms with van der Waals surface area (Å²) in [5.41, 5.74) is 1.14. The molecule has 1 atom stereocenters. The molecule has 1 unspecified atom stereocenters. The van der Waals surface area contributed by atoms with Crippen molar-refractivity contribution in [2.75, 3.05) is 20.1 Å². The molecule has 1 heterocycles. The molecule has 0 spiro atoms. The van der Waals surface area contributed by atoms with E-state index in [9.17, 15) is 4.39 Å². The van der Waals surface area contributed by atoms with Crippen LogP contribution in [-0.4, -0.2) is 31.1 Å². The molecule has 17 heavy (non-hydrogen) atoms. The number of nitrogens with one attached hydrogen (secondary N) is 1. The van der Waals surface area contributed by atoms with Gasteiger partial charge in [0, 0.05) is 19.1 Å². The zero-order chi connectivity index (χ0) is 12.1. The van der Waals surface area contributed by atoms with Crippen molar-refractivity contribution >= 4 is 0 Å². The van der Waals surface area contributed by atoms with Crippen LogP contribution in [0.25, 0.3) is 0 Å². The maximum absolute atomic E-state index is 12.7. The zero-order valence-electron chi connectivity index (χ0n) is 10.5. The maximum atomic E-state index is 12.7. The predicted octanol–water partition coefficient (Wildman–Crippen LogP) is 2.40. The van der Waals surface area contributed by atoms with Gasteiger partial charge in [-0.2, -0.15) is 0 Å². The second-order valence-electron chi connectivity index (χ2n) is 4.89. The van der Waals surface area contributed by atoms with Crippen LogP contribution in [0.5, 0.6) is 0 Å². The van der Waals surface area contributed by atoms with Gasteiger partial charge in [-0.25, -0.2) is 4.39 Å². The third-order valence-corrected chi connectivity index (χ3v) is 3.54. The van der Waals surface area contributed by atoms with Crippen LogP contribution < -0.4 is 5.32 Å². The summed E-state index contributed by atoms with van der Waals surface area (Å²) in [5.74, 6) is -0.166. The van der Waals surface area contributed by atoms with E-state index in [1.807, 2.05) is 12.1 Å². The second-order valence-corrected chi connectivity index (χ2v) is 4.89. The molecule has 0 aromatic heterocycles. The third-order valence-electron chi connectivity index (χ3n) is 3.54. The van der Waals surface area contributed by atoms with Gasteiger partial charge in [0.25, 0.3) is 0 Å². The fourth-order valence-corrected chi connectivity index (χ4v) is 2.39. The van der Waals surface area contributed by atoms with E-state index in [-0.39, 0.29) is 5.82 Å². The van der Waals surface area contributed by atoms with E-state index in [0.29, 0.717) is 6.04 Å². The highest BCUT2D eigenvalue weighted by Gasteiger charge is 2.17. The van der Waals surface area contributed by atoms with Gasteiger partial charge >= 0.3 is 0 Å². The molecule has 1 aromatic carbocycles. The summed E-state index contributed by atoms with van der Waals surface area (Å²) in [4.78, 5) is 2.43. The minimum atomic E-state index is -0.166. The van der Waals surface area contributed by atoms with E-state index in [2.05, 4.69) is 17.3 Å². The summed E-state index contributed by atoms with van der Waals surface area (Å²) in [6.45, 7) is 3.06. The van der Waals surface area contributed by atoms with Crippen LogP contribution in [0, 0.1) is 5.82 Å². The topological polar surface area (TPSA) is 15.3 Å². The van der Waals surface area contributed by atoms with Crippen LogP contribution in [0.4, 0.5) is 4.39 Å². The van der Waals surface area contributed by atoms with Gasteiger partial charge in [0.15, 0.2) is 0 Å². The summed E-state index contributed by atoms with van der Waals surface area (Å²) < 4.78 is 12.7. The molecule has 1 aliphatic heterocycles. The Kier molecular flexibility index (Phi) is 4.51. The van der Waals surface area contributed by atoms with Crippen molar-refractivity contribution in [2.45, 2.75) is 31.8 Å². The number of hydrogen-bond donors (Lipinski definition) is 1. The number of benzene rings is 1. The molecule has 94 valence electrons. The molecule has 2 rings (SSSR count). The van der Waals surface area contributed by atoms with Crippen LogP contribution in [0.3, 0.4) is 0 Å². The zero-order valence-corrected chi connectivity index (χ0v) is 10.5. The summed E-state index contributed by atoms with van der Waals surface area (Å²) in [6.07, 6.45) is 3.95. The molecule has 0 aliphatic carbocycles. The van der Waals surface area contributed by atoms with E-state index in [1.54, 1.807) is 0 Å². The van der Waals surface area contributed by atoms with Gasteiger partial charge < -0.3 is 10.2 Å². The summed E-state index contributed by atoms with van der Waals surface area (Å²) in [5, 5.41) is 3.46. The van der Waals surface area contributed by atoms with Crippen LogP contribution in [0.15, 0.2) is 24.3 Å². The Balaban J connectivity index is 1.73. The van der Waals surface area contributed by atoms with Crippen molar-refractivity contribution in [1.82, 2.24) is 10.2 Å². The van der Waals surface area contributed by atoms with Crippen LogP contribution in [0.1, 0.15) is 24.8 Å². The number of piperidine rings is 1. The van der Waals surface area contributed by atoms with Gasteiger partial charge in [0.1, 0.15) is 5.82 Å². The normalized spacial score (nSPS) is 21.6. The van der Waals surface area contributed by atoms with Gasteiger partial charge in [0.05, 0.1) is 0 Å². The van der Waals surface area contributed by atoms with E-state index in [0.717, 1.165) is 18.7 Å². The lowest BCUT2D eigenvalue weighted by Crippen LogP contribution is -2.42. The van der Waals surface area contributed by atoms with Crippen molar-refractivity contribution in [1.29, 1.82) is 0 Å². The molecule has 1 aliphatic rings. The summed E-state index contributed by atoms with van der Waals surface area (Å²) >= 11 is 0. The summed E-state index contributed by atoms with van der Waals surface area (Å²) in [6, 6.07) is 7.37. The van der Waals surface area contributed by atoms with Crippen molar-refractivity contribution in [2.24, 2.45) is 0 Å². The molecule has 1 aromatic rings. The maximum Gasteiger partial charge on any atom is 0.123 e. The van der Waals surface area contributed by atoms with E-state index < -0.39 is 0 Å². The number of halogens is 1. The van der Waals surface area contributed by atoms with Crippen molar-refractivity contribution in [3.05, 3.63) is 35.6 Å². The predicted molar refractivity (Wildman–Crippen MR) is 68.4 cm³/mol. The molecule has 0 radical (unpaired) electrons. The first-order valence-corrected chi connectivity index (χ1v) is 6.41. The molecule has 2 nitrogen and oxygen atoms in total. The molecular weight excluding hydrogens is 215 g/mol. The highest BCUT2D eigenvalue weighted by atomic mass is 19.1. The highest BCUT2D eigenvalue weighted by molar-refractivity contribution is 5.15. The van der Waals surface area contributed by atoms with Gasteiger partial charge in [-0.3, -0.25) is 0 Å². The van der Waals surface area contributed by atoms with E-state index >= 15 is 0 Å². The molecule has 1 saturated heterocycles. The standard InChI is InChI=1S/C14H21FN2/c1-17-9-3-2-4-14(17)11-16-10-12-5-7-13(15)8-6-12/h5-8,14,16H,2-4,9-11H2,1H3. The van der Waals surface area contributed by atoms with Gasteiger partial charge in [-0.05, 0) is 44.1 Å². The van der Waals surface area contributed by atoms with E-state index in [4.69, 9.17) is 0 Å². The van der Waals surface area contributed by atoms with Crippen molar-refractivity contribution in [3.63, 3.8) is 0 Å². The lowest BCUT2D eigenvalue weighted by Gasteiger charge is -2.32. The molecule has 0 amide bonds. The Hall–Kier alpha value is -0.930. The Morgan fingerprint density at radius 3 is 2.76 bits per heavy atom. The molecule has 0 saturated carbocycles. The second kappa shape index (κ2) is 6.12. The largest absolute Gasteiger partial charge is 0.311 e. The van der Waals surface area contributed by atoms with Crippen molar-refractivity contribution < 1.29 is 4.39 Å². The molecular formula is C14H21FN2. The fourth-order valence-electron chi connectivity index (χ4n) is 2.39.